The fraction of sp³-hybridized carbons (Fsp3) is 0.538. The Morgan fingerprint density at radius 3 is 2.73 bits per heavy atom. The van der Waals surface area contributed by atoms with Gasteiger partial charge in [-0.05, 0) is 31.2 Å². The summed E-state index contributed by atoms with van der Waals surface area (Å²) in [6.07, 6.45) is 3.59. The largest absolute Gasteiger partial charge is 0.328 e. The Morgan fingerprint density at radius 1 is 1.33 bits per heavy atom. The highest BCUT2D eigenvalue weighted by Crippen LogP contribution is 2.34. The zero-order valence-corrected chi connectivity index (χ0v) is 8.95. The second kappa shape index (κ2) is 4.31. The summed E-state index contributed by atoms with van der Waals surface area (Å²) in [6.45, 7) is 0. The van der Waals surface area contributed by atoms with Gasteiger partial charge in [-0.3, -0.25) is 0 Å². The van der Waals surface area contributed by atoms with Crippen LogP contribution in [0.2, 0.25) is 0 Å². The first-order valence-electron chi connectivity index (χ1n) is 5.66. The third-order valence-electron chi connectivity index (χ3n) is 3.19. The van der Waals surface area contributed by atoms with Crippen LogP contribution >= 0.6 is 0 Å². The monoisotopic (exact) mass is 207 g/mol. The van der Waals surface area contributed by atoms with Gasteiger partial charge >= 0.3 is 0 Å². The molecule has 1 aliphatic rings. The summed E-state index contributed by atoms with van der Waals surface area (Å²) in [5.74, 6) is 0. The third kappa shape index (κ3) is 2.78. The Morgan fingerprint density at radius 2 is 2.07 bits per heavy atom. The maximum Gasteiger partial charge on any atom is 0.116 e. The van der Waals surface area contributed by atoms with Crippen molar-refractivity contribution < 1.29 is 4.39 Å². The number of nitrogens with two attached hydrogens (primary N) is 1. The van der Waals surface area contributed by atoms with Gasteiger partial charge in [0.2, 0.25) is 0 Å². The fourth-order valence-electron chi connectivity index (χ4n) is 2.48. The molecular weight excluding hydrogens is 189 g/mol. The molecule has 0 aromatic heterocycles. The number of hydrogen-bond donors (Lipinski definition) is 1. The van der Waals surface area contributed by atoms with E-state index in [1.807, 2.05) is 30.3 Å². The minimum Gasteiger partial charge on any atom is -0.328 e. The SMILES string of the molecule is NC1CCCC(F)(Cc2ccccc2)C1. The maximum atomic E-state index is 14.4. The van der Waals surface area contributed by atoms with Crippen LogP contribution in [0, 0.1) is 0 Å². The van der Waals surface area contributed by atoms with Crippen molar-refractivity contribution in [2.75, 3.05) is 0 Å². The normalized spacial score (nSPS) is 31.5. The standard InChI is InChI=1S/C13H18FN/c14-13(8-4-7-12(15)10-13)9-11-5-2-1-3-6-11/h1-3,5-6,12H,4,7-10,15H2. The van der Waals surface area contributed by atoms with Crippen LogP contribution in [0.15, 0.2) is 30.3 Å². The molecule has 1 aromatic carbocycles. The van der Waals surface area contributed by atoms with Crippen LogP contribution in [0.3, 0.4) is 0 Å². The van der Waals surface area contributed by atoms with Gasteiger partial charge in [0.1, 0.15) is 5.67 Å². The summed E-state index contributed by atoms with van der Waals surface area (Å²) < 4.78 is 14.4. The van der Waals surface area contributed by atoms with Crippen LogP contribution in [-0.4, -0.2) is 11.7 Å². The average molecular weight is 207 g/mol. The van der Waals surface area contributed by atoms with Gasteiger partial charge in [-0.25, -0.2) is 4.39 Å². The molecule has 2 atom stereocenters. The van der Waals surface area contributed by atoms with E-state index in [1.54, 1.807) is 0 Å². The number of benzene rings is 1. The van der Waals surface area contributed by atoms with E-state index in [-0.39, 0.29) is 6.04 Å². The third-order valence-corrected chi connectivity index (χ3v) is 3.19. The highest BCUT2D eigenvalue weighted by atomic mass is 19.1. The second-order valence-electron chi connectivity index (χ2n) is 4.67. The smallest absolute Gasteiger partial charge is 0.116 e. The van der Waals surface area contributed by atoms with E-state index < -0.39 is 5.67 Å². The van der Waals surface area contributed by atoms with Crippen LogP contribution in [0.5, 0.6) is 0 Å². The Kier molecular flexibility index (Phi) is 3.06. The molecule has 0 amide bonds. The summed E-state index contributed by atoms with van der Waals surface area (Å²) >= 11 is 0. The molecule has 2 heteroatoms. The van der Waals surface area contributed by atoms with Gasteiger partial charge in [-0.2, -0.15) is 0 Å². The second-order valence-corrected chi connectivity index (χ2v) is 4.67. The maximum absolute atomic E-state index is 14.4. The zero-order chi connectivity index (χ0) is 10.7. The number of alkyl halides is 1. The minimum absolute atomic E-state index is 0.0486. The lowest BCUT2D eigenvalue weighted by atomic mass is 9.80. The molecule has 1 fully saturated rings. The number of hydrogen-bond acceptors (Lipinski definition) is 1. The van der Waals surface area contributed by atoms with Gasteiger partial charge in [0.05, 0.1) is 0 Å². The average Bonchev–Trinajstić information content (AvgIpc) is 2.18. The van der Waals surface area contributed by atoms with Gasteiger partial charge in [-0.1, -0.05) is 30.3 Å². The van der Waals surface area contributed by atoms with Crippen molar-refractivity contribution >= 4 is 0 Å². The molecule has 0 bridgehead atoms. The molecule has 0 radical (unpaired) electrons. The highest BCUT2D eigenvalue weighted by Gasteiger charge is 2.35. The lowest BCUT2D eigenvalue weighted by Gasteiger charge is -2.33. The van der Waals surface area contributed by atoms with Crippen molar-refractivity contribution in [1.82, 2.24) is 0 Å². The lowest BCUT2D eigenvalue weighted by Crippen LogP contribution is -2.39. The van der Waals surface area contributed by atoms with Crippen molar-refractivity contribution in [3.8, 4) is 0 Å². The van der Waals surface area contributed by atoms with Gasteiger partial charge in [0.15, 0.2) is 0 Å². The van der Waals surface area contributed by atoms with E-state index in [4.69, 9.17) is 5.73 Å². The number of rotatable bonds is 2. The van der Waals surface area contributed by atoms with Crippen LogP contribution < -0.4 is 5.73 Å². The van der Waals surface area contributed by atoms with E-state index in [0.29, 0.717) is 19.3 Å². The van der Waals surface area contributed by atoms with Gasteiger partial charge in [0.25, 0.3) is 0 Å². The lowest BCUT2D eigenvalue weighted by molar-refractivity contribution is 0.0965. The van der Waals surface area contributed by atoms with Crippen molar-refractivity contribution in [3.63, 3.8) is 0 Å². The summed E-state index contributed by atoms with van der Waals surface area (Å²) in [5, 5.41) is 0. The van der Waals surface area contributed by atoms with Crippen molar-refractivity contribution in [1.29, 1.82) is 0 Å². The Labute approximate surface area is 90.5 Å². The fourth-order valence-corrected chi connectivity index (χ4v) is 2.48. The van der Waals surface area contributed by atoms with E-state index in [0.717, 1.165) is 18.4 Å². The van der Waals surface area contributed by atoms with Gasteiger partial charge < -0.3 is 5.73 Å². The van der Waals surface area contributed by atoms with E-state index in [2.05, 4.69) is 0 Å². The van der Waals surface area contributed by atoms with Crippen molar-refractivity contribution in [2.45, 2.75) is 43.8 Å². The minimum atomic E-state index is -1.07. The Bertz CT molecular complexity index is 312. The van der Waals surface area contributed by atoms with E-state index in [1.165, 1.54) is 0 Å². The Balaban J connectivity index is 2.04. The zero-order valence-electron chi connectivity index (χ0n) is 8.95. The molecule has 2 N–H and O–H groups in total. The van der Waals surface area contributed by atoms with Gasteiger partial charge in [-0.15, -0.1) is 0 Å². The molecule has 1 aromatic rings. The molecule has 15 heavy (non-hydrogen) atoms. The molecule has 1 aliphatic carbocycles. The highest BCUT2D eigenvalue weighted by molar-refractivity contribution is 5.17. The van der Waals surface area contributed by atoms with Gasteiger partial charge in [0, 0.05) is 12.5 Å². The molecule has 0 saturated heterocycles. The molecule has 2 rings (SSSR count). The molecule has 0 aliphatic heterocycles. The van der Waals surface area contributed by atoms with Crippen LogP contribution in [-0.2, 0) is 6.42 Å². The predicted molar refractivity (Wildman–Crippen MR) is 60.4 cm³/mol. The van der Waals surface area contributed by atoms with Crippen molar-refractivity contribution in [2.24, 2.45) is 5.73 Å². The molecule has 0 spiro atoms. The molecular formula is C13H18FN. The quantitative estimate of drug-likeness (QED) is 0.793. The molecule has 82 valence electrons. The summed E-state index contributed by atoms with van der Waals surface area (Å²) in [7, 11) is 0. The van der Waals surface area contributed by atoms with E-state index >= 15 is 0 Å². The molecule has 2 unspecified atom stereocenters. The molecule has 1 saturated carbocycles. The summed E-state index contributed by atoms with van der Waals surface area (Å²) in [4.78, 5) is 0. The Hall–Kier alpha value is -0.890. The first kappa shape index (κ1) is 10.6. The number of halogens is 1. The topological polar surface area (TPSA) is 26.0 Å². The predicted octanol–water partition coefficient (Wildman–Crippen LogP) is 2.84. The first-order chi connectivity index (χ1) is 7.18. The molecule has 0 heterocycles. The van der Waals surface area contributed by atoms with Crippen LogP contribution in [0.1, 0.15) is 31.2 Å². The summed E-state index contributed by atoms with van der Waals surface area (Å²) in [5.41, 5.74) is 5.83. The van der Waals surface area contributed by atoms with E-state index in [9.17, 15) is 4.39 Å². The molecule has 1 nitrogen and oxygen atoms in total. The van der Waals surface area contributed by atoms with Crippen LogP contribution in [0.4, 0.5) is 4.39 Å². The summed E-state index contributed by atoms with van der Waals surface area (Å²) in [6, 6.07) is 9.90. The van der Waals surface area contributed by atoms with Crippen molar-refractivity contribution in [3.05, 3.63) is 35.9 Å². The first-order valence-corrected chi connectivity index (χ1v) is 5.66. The van der Waals surface area contributed by atoms with Crippen LogP contribution in [0.25, 0.3) is 0 Å².